The molecule has 25 heavy (non-hydrogen) atoms. The normalized spacial score (nSPS) is 11.8. The number of benzene rings is 1. The van der Waals surface area contributed by atoms with Crippen molar-refractivity contribution < 1.29 is 0 Å². The second-order valence-corrected chi connectivity index (χ2v) is 6.92. The summed E-state index contributed by atoms with van der Waals surface area (Å²) < 4.78 is 3.20. The number of hydrogen-bond acceptors (Lipinski definition) is 2. The first kappa shape index (κ1) is 17.5. The summed E-state index contributed by atoms with van der Waals surface area (Å²) in [7, 11) is 5.90. The van der Waals surface area contributed by atoms with Crippen molar-refractivity contribution in [3.05, 3.63) is 64.5 Å². The number of nitrogens with zero attached hydrogens (tertiary/aromatic N) is 4. The first-order valence-corrected chi connectivity index (χ1v) is 8.93. The molecule has 5 nitrogen and oxygen atoms in total. The lowest BCUT2D eigenvalue weighted by Gasteiger charge is -2.22. The van der Waals surface area contributed by atoms with Crippen LogP contribution in [0.3, 0.4) is 0 Å². The van der Waals surface area contributed by atoms with E-state index in [2.05, 4.69) is 65.1 Å². The SMILES string of the molecule is CN=C(NCc1ccnc2ccccc12)N(C)Cc1cc(Br)cn1C. The van der Waals surface area contributed by atoms with E-state index in [1.165, 1.54) is 16.6 Å². The molecular weight excluding hydrogens is 378 g/mol. The van der Waals surface area contributed by atoms with Crippen molar-refractivity contribution in [2.45, 2.75) is 13.1 Å². The zero-order valence-corrected chi connectivity index (χ0v) is 16.3. The van der Waals surface area contributed by atoms with Crippen LogP contribution in [0.5, 0.6) is 0 Å². The molecule has 6 heteroatoms. The minimum absolute atomic E-state index is 0.705. The maximum atomic E-state index is 4.42. The molecule has 0 fully saturated rings. The Balaban J connectivity index is 1.71. The highest BCUT2D eigenvalue weighted by Crippen LogP contribution is 2.17. The van der Waals surface area contributed by atoms with Gasteiger partial charge in [0.2, 0.25) is 0 Å². The summed E-state index contributed by atoms with van der Waals surface area (Å²) in [6.07, 6.45) is 3.91. The van der Waals surface area contributed by atoms with Crippen LogP contribution in [0, 0.1) is 0 Å². The third kappa shape index (κ3) is 4.02. The molecule has 0 aliphatic carbocycles. The number of aryl methyl sites for hydroxylation is 1. The molecule has 130 valence electrons. The molecule has 0 aliphatic heterocycles. The van der Waals surface area contributed by atoms with Gasteiger partial charge in [0.15, 0.2) is 5.96 Å². The fourth-order valence-corrected chi connectivity index (χ4v) is 3.48. The van der Waals surface area contributed by atoms with Crippen molar-refractivity contribution in [3.63, 3.8) is 0 Å². The monoisotopic (exact) mass is 399 g/mol. The quantitative estimate of drug-likeness (QED) is 0.538. The summed E-state index contributed by atoms with van der Waals surface area (Å²) in [5.74, 6) is 0.859. The number of hydrogen-bond donors (Lipinski definition) is 1. The molecule has 0 saturated heterocycles. The molecule has 0 bridgehead atoms. The van der Waals surface area contributed by atoms with Crippen molar-refractivity contribution in [1.29, 1.82) is 0 Å². The number of para-hydroxylation sites is 1. The van der Waals surface area contributed by atoms with Crippen LogP contribution < -0.4 is 5.32 Å². The van der Waals surface area contributed by atoms with Crippen LogP contribution in [0.15, 0.2) is 58.3 Å². The van der Waals surface area contributed by atoms with Gasteiger partial charge in [-0.3, -0.25) is 9.98 Å². The summed E-state index contributed by atoms with van der Waals surface area (Å²) in [5.41, 5.74) is 3.44. The van der Waals surface area contributed by atoms with Crippen LogP contribution in [0.2, 0.25) is 0 Å². The number of fused-ring (bicyclic) bond motifs is 1. The van der Waals surface area contributed by atoms with Crippen LogP contribution in [0.1, 0.15) is 11.3 Å². The van der Waals surface area contributed by atoms with Gasteiger partial charge in [-0.2, -0.15) is 0 Å². The molecule has 1 aromatic carbocycles. The maximum absolute atomic E-state index is 4.42. The lowest BCUT2D eigenvalue weighted by molar-refractivity contribution is 0.462. The number of rotatable bonds is 4. The number of pyridine rings is 1. The van der Waals surface area contributed by atoms with Crippen molar-refractivity contribution in [2.75, 3.05) is 14.1 Å². The summed E-state index contributed by atoms with van der Waals surface area (Å²) >= 11 is 3.52. The molecule has 3 rings (SSSR count). The molecule has 0 amide bonds. The fourth-order valence-electron chi connectivity index (χ4n) is 2.91. The van der Waals surface area contributed by atoms with Crippen molar-refractivity contribution in [2.24, 2.45) is 12.0 Å². The van der Waals surface area contributed by atoms with Crippen LogP contribution >= 0.6 is 15.9 Å². The Morgan fingerprint density at radius 3 is 2.84 bits per heavy atom. The summed E-state index contributed by atoms with van der Waals surface area (Å²) in [6.45, 7) is 1.48. The Labute approximate surface area is 156 Å². The molecule has 2 heterocycles. The van der Waals surface area contributed by atoms with Crippen molar-refractivity contribution in [3.8, 4) is 0 Å². The van der Waals surface area contributed by atoms with Gasteiger partial charge >= 0.3 is 0 Å². The number of aliphatic imine (C=N–C) groups is 1. The third-order valence-corrected chi connectivity index (χ3v) is 4.66. The van der Waals surface area contributed by atoms with Gasteiger partial charge in [0, 0.05) is 55.6 Å². The van der Waals surface area contributed by atoms with Gasteiger partial charge in [0.25, 0.3) is 0 Å². The van der Waals surface area contributed by atoms with Gasteiger partial charge in [0.05, 0.1) is 12.1 Å². The van der Waals surface area contributed by atoms with Crippen LogP contribution in [-0.2, 0) is 20.1 Å². The van der Waals surface area contributed by atoms with Crippen LogP contribution in [0.4, 0.5) is 0 Å². The molecule has 0 aliphatic rings. The Kier molecular flexibility index (Phi) is 5.38. The second kappa shape index (κ2) is 7.70. The minimum atomic E-state index is 0.705. The molecule has 1 N–H and O–H groups in total. The van der Waals surface area contributed by atoms with E-state index in [4.69, 9.17) is 0 Å². The predicted molar refractivity (Wildman–Crippen MR) is 107 cm³/mol. The van der Waals surface area contributed by atoms with E-state index in [9.17, 15) is 0 Å². The first-order chi connectivity index (χ1) is 12.1. The number of aromatic nitrogens is 2. The van der Waals surface area contributed by atoms with E-state index in [1.807, 2.05) is 45.5 Å². The Hall–Kier alpha value is -2.34. The fraction of sp³-hybridized carbons (Fsp3) is 0.263. The lowest BCUT2D eigenvalue weighted by atomic mass is 10.1. The zero-order chi connectivity index (χ0) is 17.8. The average molecular weight is 400 g/mol. The molecule has 0 unspecified atom stereocenters. The molecule has 0 saturated carbocycles. The number of nitrogens with one attached hydrogen (secondary N) is 1. The summed E-state index contributed by atoms with van der Waals surface area (Å²) in [4.78, 5) is 10.9. The number of halogens is 1. The third-order valence-electron chi connectivity index (χ3n) is 4.22. The molecule has 0 radical (unpaired) electrons. The smallest absolute Gasteiger partial charge is 0.194 e. The molecule has 0 atom stereocenters. The molecule has 2 aromatic heterocycles. The topological polar surface area (TPSA) is 45.5 Å². The first-order valence-electron chi connectivity index (χ1n) is 8.13. The number of guanidine groups is 1. The average Bonchev–Trinajstić information content (AvgIpc) is 2.92. The van der Waals surface area contributed by atoms with Crippen LogP contribution in [-0.4, -0.2) is 34.5 Å². The van der Waals surface area contributed by atoms with Gasteiger partial charge in [0.1, 0.15) is 0 Å². The lowest BCUT2D eigenvalue weighted by Crippen LogP contribution is -2.38. The van der Waals surface area contributed by atoms with E-state index >= 15 is 0 Å². The minimum Gasteiger partial charge on any atom is -0.352 e. The maximum Gasteiger partial charge on any atom is 0.194 e. The van der Waals surface area contributed by atoms with E-state index in [0.29, 0.717) is 6.54 Å². The Bertz CT molecular complexity index is 894. The van der Waals surface area contributed by atoms with E-state index in [-0.39, 0.29) is 0 Å². The molecule has 3 aromatic rings. The van der Waals surface area contributed by atoms with Gasteiger partial charge in [-0.15, -0.1) is 0 Å². The van der Waals surface area contributed by atoms with Crippen molar-refractivity contribution >= 4 is 32.8 Å². The predicted octanol–water partition coefficient (Wildman–Crippen LogP) is 3.54. The molecule has 0 spiro atoms. The summed E-state index contributed by atoms with van der Waals surface area (Å²) in [6, 6.07) is 12.4. The van der Waals surface area contributed by atoms with E-state index in [0.717, 1.165) is 22.5 Å². The summed E-state index contributed by atoms with van der Waals surface area (Å²) in [5, 5.41) is 4.62. The van der Waals surface area contributed by atoms with Crippen molar-refractivity contribution in [1.82, 2.24) is 19.8 Å². The second-order valence-electron chi connectivity index (χ2n) is 6.00. The van der Waals surface area contributed by atoms with Crippen LogP contribution in [0.25, 0.3) is 10.9 Å². The zero-order valence-electron chi connectivity index (χ0n) is 14.7. The van der Waals surface area contributed by atoms with Gasteiger partial charge in [-0.25, -0.2) is 0 Å². The van der Waals surface area contributed by atoms with Gasteiger partial charge < -0.3 is 14.8 Å². The van der Waals surface area contributed by atoms with E-state index < -0.39 is 0 Å². The van der Waals surface area contributed by atoms with Gasteiger partial charge in [-0.05, 0) is 39.7 Å². The highest BCUT2D eigenvalue weighted by molar-refractivity contribution is 9.10. The standard InChI is InChI=1S/C19H22BrN5/c1-21-19(25(3)13-16-10-15(20)12-24(16)2)23-11-14-8-9-22-18-7-5-4-6-17(14)18/h4-10,12H,11,13H2,1-3H3,(H,21,23). The molecular formula is C19H22BrN5. The Morgan fingerprint density at radius 1 is 1.32 bits per heavy atom. The highest BCUT2D eigenvalue weighted by atomic mass is 79.9. The van der Waals surface area contributed by atoms with E-state index in [1.54, 1.807) is 0 Å². The highest BCUT2D eigenvalue weighted by Gasteiger charge is 2.10. The Morgan fingerprint density at radius 2 is 2.12 bits per heavy atom. The largest absolute Gasteiger partial charge is 0.352 e. The van der Waals surface area contributed by atoms with Gasteiger partial charge in [-0.1, -0.05) is 18.2 Å².